The standard InChI is InChI=1S/C3H6N2.C2H6O2/c1-2-5-3-4-1;3-1-2-4/h3H,1-2H2,(H,4,5);3-4H,1-2H2. The maximum Gasteiger partial charge on any atom is 0.0825 e. The molecule has 4 heteroatoms. The van der Waals surface area contributed by atoms with Crippen molar-refractivity contribution in [3.05, 3.63) is 0 Å². The van der Waals surface area contributed by atoms with Gasteiger partial charge in [-0.1, -0.05) is 0 Å². The number of hydrogen-bond donors (Lipinski definition) is 3. The average molecular weight is 132 g/mol. The number of rotatable bonds is 1. The molecule has 0 spiro atoms. The number of aliphatic hydroxyl groups is 2. The third-order valence-corrected chi connectivity index (χ3v) is 0.668. The molecule has 0 amide bonds. The molecule has 0 fully saturated rings. The zero-order chi connectivity index (χ0) is 6.95. The molecule has 0 saturated heterocycles. The van der Waals surface area contributed by atoms with Crippen LogP contribution < -0.4 is 5.32 Å². The molecular formula is C5H12N2O2. The van der Waals surface area contributed by atoms with Crippen molar-refractivity contribution in [1.82, 2.24) is 5.32 Å². The van der Waals surface area contributed by atoms with Crippen molar-refractivity contribution in [3.63, 3.8) is 0 Å². The Kier molecular flexibility index (Phi) is 6.89. The second-order valence-corrected chi connectivity index (χ2v) is 1.44. The first-order valence-electron chi connectivity index (χ1n) is 2.85. The van der Waals surface area contributed by atoms with Gasteiger partial charge in [0.05, 0.1) is 26.1 Å². The lowest BCUT2D eigenvalue weighted by molar-refractivity contribution is 0.186. The Morgan fingerprint density at radius 2 is 2.11 bits per heavy atom. The maximum absolute atomic E-state index is 7.62. The van der Waals surface area contributed by atoms with E-state index >= 15 is 0 Å². The van der Waals surface area contributed by atoms with E-state index in [2.05, 4.69) is 10.3 Å². The van der Waals surface area contributed by atoms with Crippen LogP contribution in [0.4, 0.5) is 0 Å². The molecule has 0 unspecified atom stereocenters. The van der Waals surface area contributed by atoms with Gasteiger partial charge in [-0.3, -0.25) is 4.99 Å². The minimum absolute atomic E-state index is 0.125. The summed E-state index contributed by atoms with van der Waals surface area (Å²) in [6, 6.07) is 0. The van der Waals surface area contributed by atoms with Crippen molar-refractivity contribution in [3.8, 4) is 0 Å². The molecule has 1 rings (SSSR count). The van der Waals surface area contributed by atoms with Gasteiger partial charge in [0.25, 0.3) is 0 Å². The Balaban J connectivity index is 0.000000148. The van der Waals surface area contributed by atoms with Gasteiger partial charge in [-0.05, 0) is 0 Å². The summed E-state index contributed by atoms with van der Waals surface area (Å²) >= 11 is 0. The van der Waals surface area contributed by atoms with Crippen molar-refractivity contribution in [1.29, 1.82) is 0 Å². The van der Waals surface area contributed by atoms with Crippen molar-refractivity contribution in [2.45, 2.75) is 0 Å². The maximum atomic E-state index is 7.62. The summed E-state index contributed by atoms with van der Waals surface area (Å²) in [6.07, 6.45) is 1.74. The van der Waals surface area contributed by atoms with Gasteiger partial charge in [0, 0.05) is 6.54 Å². The summed E-state index contributed by atoms with van der Waals surface area (Å²) < 4.78 is 0. The third-order valence-electron chi connectivity index (χ3n) is 0.668. The number of nitrogens with one attached hydrogen (secondary N) is 1. The highest BCUT2D eigenvalue weighted by atomic mass is 16.3. The van der Waals surface area contributed by atoms with Crippen LogP contribution in [0, 0.1) is 0 Å². The van der Waals surface area contributed by atoms with Gasteiger partial charge in [0.15, 0.2) is 0 Å². The highest BCUT2D eigenvalue weighted by molar-refractivity contribution is 5.56. The van der Waals surface area contributed by atoms with E-state index in [1.807, 2.05) is 0 Å². The monoisotopic (exact) mass is 132 g/mol. The summed E-state index contributed by atoms with van der Waals surface area (Å²) in [5.74, 6) is 0. The molecule has 0 atom stereocenters. The van der Waals surface area contributed by atoms with E-state index < -0.39 is 0 Å². The molecular weight excluding hydrogens is 120 g/mol. The summed E-state index contributed by atoms with van der Waals surface area (Å²) in [5.41, 5.74) is 0. The topological polar surface area (TPSA) is 64.9 Å². The number of nitrogens with zero attached hydrogens (tertiary/aromatic N) is 1. The van der Waals surface area contributed by atoms with E-state index in [0.29, 0.717) is 0 Å². The van der Waals surface area contributed by atoms with E-state index in [9.17, 15) is 0 Å². The summed E-state index contributed by atoms with van der Waals surface area (Å²) in [4.78, 5) is 3.85. The largest absolute Gasteiger partial charge is 0.394 e. The Morgan fingerprint density at radius 3 is 2.22 bits per heavy atom. The summed E-state index contributed by atoms with van der Waals surface area (Å²) in [7, 11) is 0. The molecule has 0 aliphatic carbocycles. The molecule has 4 nitrogen and oxygen atoms in total. The fourth-order valence-electron chi connectivity index (χ4n) is 0.323. The zero-order valence-electron chi connectivity index (χ0n) is 5.25. The van der Waals surface area contributed by atoms with Crippen LogP contribution in [-0.4, -0.2) is 42.9 Å². The van der Waals surface area contributed by atoms with Crippen LogP contribution in [0.3, 0.4) is 0 Å². The quantitative estimate of drug-likeness (QED) is 0.410. The SMILES string of the molecule is C1=NCCN1.OCCO. The van der Waals surface area contributed by atoms with Crippen LogP contribution in [-0.2, 0) is 0 Å². The van der Waals surface area contributed by atoms with Crippen LogP contribution in [0.25, 0.3) is 0 Å². The number of hydrogen-bond acceptors (Lipinski definition) is 4. The van der Waals surface area contributed by atoms with Gasteiger partial charge in [-0.25, -0.2) is 0 Å². The minimum atomic E-state index is -0.125. The first-order chi connectivity index (χ1) is 4.41. The fourth-order valence-corrected chi connectivity index (χ4v) is 0.323. The summed E-state index contributed by atoms with van der Waals surface area (Å²) in [6.45, 7) is 1.74. The third kappa shape index (κ3) is 7.39. The summed E-state index contributed by atoms with van der Waals surface area (Å²) in [5, 5.41) is 18.2. The predicted molar refractivity (Wildman–Crippen MR) is 35.5 cm³/mol. The molecule has 3 N–H and O–H groups in total. The van der Waals surface area contributed by atoms with Crippen molar-refractivity contribution in [2.75, 3.05) is 26.3 Å². The molecule has 0 aromatic carbocycles. The van der Waals surface area contributed by atoms with E-state index in [1.165, 1.54) is 0 Å². The normalized spacial score (nSPS) is 14.0. The molecule has 9 heavy (non-hydrogen) atoms. The van der Waals surface area contributed by atoms with Crippen molar-refractivity contribution >= 4 is 6.34 Å². The molecule has 0 radical (unpaired) electrons. The van der Waals surface area contributed by atoms with Gasteiger partial charge in [0.1, 0.15) is 0 Å². The van der Waals surface area contributed by atoms with E-state index in [-0.39, 0.29) is 13.2 Å². The molecule has 0 aromatic heterocycles. The van der Waals surface area contributed by atoms with Gasteiger partial charge < -0.3 is 15.5 Å². The number of aliphatic hydroxyl groups excluding tert-OH is 2. The highest BCUT2D eigenvalue weighted by Crippen LogP contribution is 1.68. The van der Waals surface area contributed by atoms with Crippen LogP contribution in [0.1, 0.15) is 0 Å². The molecule has 54 valence electrons. The Morgan fingerprint density at radius 1 is 1.44 bits per heavy atom. The van der Waals surface area contributed by atoms with E-state index in [4.69, 9.17) is 10.2 Å². The van der Waals surface area contributed by atoms with Crippen LogP contribution in [0.15, 0.2) is 4.99 Å². The molecule has 0 bridgehead atoms. The minimum Gasteiger partial charge on any atom is -0.394 e. The smallest absolute Gasteiger partial charge is 0.0825 e. The first kappa shape index (κ1) is 8.39. The Bertz CT molecular complexity index is 67.4. The lowest BCUT2D eigenvalue weighted by Crippen LogP contribution is -2.04. The predicted octanol–water partition coefficient (Wildman–Crippen LogP) is -1.41. The zero-order valence-corrected chi connectivity index (χ0v) is 5.25. The van der Waals surface area contributed by atoms with Crippen LogP contribution >= 0.6 is 0 Å². The van der Waals surface area contributed by atoms with Gasteiger partial charge in [0.2, 0.25) is 0 Å². The van der Waals surface area contributed by atoms with Gasteiger partial charge >= 0.3 is 0 Å². The number of aliphatic imine (C=N–C) groups is 1. The second-order valence-electron chi connectivity index (χ2n) is 1.44. The molecule has 1 aliphatic rings. The molecule has 0 saturated carbocycles. The highest BCUT2D eigenvalue weighted by Gasteiger charge is 1.82. The van der Waals surface area contributed by atoms with Crippen LogP contribution in [0.5, 0.6) is 0 Å². The molecule has 0 aromatic rings. The Hall–Kier alpha value is -0.610. The average Bonchev–Trinajstić information content (AvgIpc) is 2.43. The van der Waals surface area contributed by atoms with Gasteiger partial charge in [-0.15, -0.1) is 0 Å². The second kappa shape index (κ2) is 7.39. The lowest BCUT2D eigenvalue weighted by Gasteiger charge is -1.75. The van der Waals surface area contributed by atoms with Gasteiger partial charge in [-0.2, -0.15) is 0 Å². The molecule has 1 heterocycles. The van der Waals surface area contributed by atoms with E-state index in [1.54, 1.807) is 6.34 Å². The lowest BCUT2D eigenvalue weighted by atomic mass is 10.7. The van der Waals surface area contributed by atoms with Crippen molar-refractivity contribution < 1.29 is 10.2 Å². The fraction of sp³-hybridized carbons (Fsp3) is 0.800. The molecule has 1 aliphatic heterocycles. The van der Waals surface area contributed by atoms with E-state index in [0.717, 1.165) is 13.1 Å². The van der Waals surface area contributed by atoms with Crippen LogP contribution in [0.2, 0.25) is 0 Å². The Labute approximate surface area is 54.2 Å². The van der Waals surface area contributed by atoms with Crippen molar-refractivity contribution in [2.24, 2.45) is 4.99 Å². The first-order valence-corrected chi connectivity index (χ1v) is 2.85.